The molecule has 0 spiro atoms. The topological polar surface area (TPSA) is 37.8 Å². The lowest BCUT2D eigenvalue weighted by atomic mass is 10.3. The Balaban J connectivity index is 2.05. The highest BCUT2D eigenvalue weighted by atomic mass is 35.5. The number of rotatable bonds is 3. The van der Waals surface area contributed by atoms with E-state index in [9.17, 15) is 4.39 Å². The number of halogens is 2. The Hall–Kier alpha value is -1.68. The second-order valence-corrected chi connectivity index (χ2v) is 3.69. The molecule has 0 radical (unpaired) electrons. The highest BCUT2D eigenvalue weighted by Crippen LogP contribution is 2.18. The van der Waals surface area contributed by atoms with Crippen LogP contribution in [0.4, 0.5) is 10.1 Å². The summed E-state index contributed by atoms with van der Waals surface area (Å²) in [6, 6.07) is 4.31. The third-order valence-electron chi connectivity index (χ3n) is 1.97. The van der Waals surface area contributed by atoms with Gasteiger partial charge < -0.3 is 5.32 Å². The normalized spacial score (nSPS) is 10.1. The van der Waals surface area contributed by atoms with Crippen LogP contribution in [-0.2, 0) is 6.54 Å². The van der Waals surface area contributed by atoms with Crippen molar-refractivity contribution in [2.45, 2.75) is 6.54 Å². The van der Waals surface area contributed by atoms with Gasteiger partial charge in [0.15, 0.2) is 0 Å². The molecule has 2 aromatic rings. The van der Waals surface area contributed by atoms with Crippen LogP contribution in [0, 0.1) is 5.82 Å². The van der Waals surface area contributed by atoms with Crippen molar-refractivity contribution in [2.75, 3.05) is 5.32 Å². The highest BCUT2D eigenvalue weighted by Gasteiger charge is 1.99. The molecule has 16 heavy (non-hydrogen) atoms. The zero-order valence-corrected chi connectivity index (χ0v) is 9.08. The molecule has 1 heterocycles. The van der Waals surface area contributed by atoms with Gasteiger partial charge in [0.1, 0.15) is 12.1 Å². The van der Waals surface area contributed by atoms with E-state index in [0.29, 0.717) is 17.3 Å². The molecule has 0 aliphatic carbocycles. The molecular weight excluding hydrogens is 229 g/mol. The molecule has 1 N–H and O–H groups in total. The predicted octanol–water partition coefficient (Wildman–Crippen LogP) is 2.88. The van der Waals surface area contributed by atoms with Crippen molar-refractivity contribution < 1.29 is 4.39 Å². The number of aromatic nitrogens is 2. The molecule has 0 saturated heterocycles. The third kappa shape index (κ3) is 2.90. The molecule has 0 bridgehead atoms. The minimum Gasteiger partial charge on any atom is -0.381 e. The van der Waals surface area contributed by atoms with Crippen LogP contribution in [0.5, 0.6) is 0 Å². The Kier molecular flexibility index (Phi) is 3.31. The summed E-state index contributed by atoms with van der Waals surface area (Å²) in [6.45, 7) is 0.528. The molecule has 0 aliphatic rings. The monoisotopic (exact) mass is 237 g/mol. The summed E-state index contributed by atoms with van der Waals surface area (Å²) in [5.74, 6) is -0.362. The van der Waals surface area contributed by atoms with E-state index in [4.69, 9.17) is 11.6 Å². The fourth-order valence-corrected chi connectivity index (χ4v) is 1.50. The second kappa shape index (κ2) is 4.90. The first kappa shape index (κ1) is 10.8. The first-order valence-corrected chi connectivity index (χ1v) is 5.06. The number of nitrogens with one attached hydrogen (secondary N) is 1. The molecule has 3 nitrogen and oxygen atoms in total. The van der Waals surface area contributed by atoms with Gasteiger partial charge >= 0.3 is 0 Å². The van der Waals surface area contributed by atoms with Crippen LogP contribution >= 0.6 is 11.6 Å². The first-order chi connectivity index (χ1) is 7.74. The maximum Gasteiger partial charge on any atom is 0.126 e. The van der Waals surface area contributed by atoms with Gasteiger partial charge in [-0.15, -0.1) is 0 Å². The van der Waals surface area contributed by atoms with E-state index in [1.165, 1.54) is 18.5 Å². The average molecular weight is 238 g/mol. The summed E-state index contributed by atoms with van der Waals surface area (Å²) in [6.07, 6.45) is 4.85. The van der Waals surface area contributed by atoms with E-state index in [1.807, 2.05) is 0 Å². The second-order valence-electron chi connectivity index (χ2n) is 3.26. The van der Waals surface area contributed by atoms with Crippen molar-refractivity contribution in [3.63, 3.8) is 0 Å². The van der Waals surface area contributed by atoms with Gasteiger partial charge in [-0.25, -0.2) is 14.4 Å². The molecule has 0 saturated carbocycles. The summed E-state index contributed by atoms with van der Waals surface area (Å²) < 4.78 is 13.0. The van der Waals surface area contributed by atoms with Crippen molar-refractivity contribution in [3.8, 4) is 0 Å². The van der Waals surface area contributed by atoms with Gasteiger partial charge in [-0.05, 0) is 18.2 Å². The molecule has 2 rings (SSSR count). The molecule has 5 heteroatoms. The molecule has 0 amide bonds. The zero-order valence-electron chi connectivity index (χ0n) is 8.32. The maximum atomic E-state index is 13.0. The summed E-state index contributed by atoms with van der Waals surface area (Å²) in [7, 11) is 0. The van der Waals surface area contributed by atoms with Crippen molar-refractivity contribution >= 4 is 17.3 Å². The van der Waals surface area contributed by atoms with E-state index in [2.05, 4.69) is 15.3 Å². The fourth-order valence-electron chi connectivity index (χ4n) is 1.28. The van der Waals surface area contributed by atoms with Crippen LogP contribution in [0.25, 0.3) is 0 Å². The van der Waals surface area contributed by atoms with E-state index < -0.39 is 0 Å². The lowest BCUT2D eigenvalue weighted by Crippen LogP contribution is -2.00. The molecule has 1 aromatic heterocycles. The summed E-state index contributed by atoms with van der Waals surface area (Å²) in [5, 5.41) is 3.41. The standard InChI is InChI=1S/C11H9ClFN3/c12-9-1-10(13)3-11(2-9)16-6-8-4-14-7-15-5-8/h1-5,7,16H,6H2. The van der Waals surface area contributed by atoms with Gasteiger partial charge in [-0.3, -0.25) is 0 Å². The van der Waals surface area contributed by atoms with Crippen LogP contribution in [0.3, 0.4) is 0 Å². The SMILES string of the molecule is Fc1cc(Cl)cc(NCc2cncnc2)c1. The smallest absolute Gasteiger partial charge is 0.126 e. The minimum atomic E-state index is -0.362. The van der Waals surface area contributed by atoms with Crippen LogP contribution in [0.2, 0.25) is 5.02 Å². The van der Waals surface area contributed by atoms with Crippen LogP contribution in [-0.4, -0.2) is 9.97 Å². The maximum absolute atomic E-state index is 13.0. The number of benzene rings is 1. The van der Waals surface area contributed by atoms with E-state index in [0.717, 1.165) is 5.56 Å². The molecule has 0 fully saturated rings. The van der Waals surface area contributed by atoms with Gasteiger partial charge in [0, 0.05) is 35.2 Å². The Morgan fingerprint density at radius 2 is 1.94 bits per heavy atom. The highest BCUT2D eigenvalue weighted by molar-refractivity contribution is 6.30. The lowest BCUT2D eigenvalue weighted by Gasteiger charge is -2.06. The number of hydrogen-bond acceptors (Lipinski definition) is 3. The summed E-state index contributed by atoms with van der Waals surface area (Å²) in [5.41, 5.74) is 1.55. The molecule has 0 aliphatic heterocycles. The van der Waals surface area contributed by atoms with Crippen LogP contribution in [0.15, 0.2) is 36.9 Å². The van der Waals surface area contributed by atoms with Crippen molar-refractivity contribution in [1.82, 2.24) is 9.97 Å². The molecular formula is C11H9ClFN3. The van der Waals surface area contributed by atoms with Gasteiger partial charge in [-0.1, -0.05) is 11.6 Å². The largest absolute Gasteiger partial charge is 0.381 e. The van der Waals surface area contributed by atoms with Crippen molar-refractivity contribution in [2.24, 2.45) is 0 Å². The number of nitrogens with zero attached hydrogens (tertiary/aromatic N) is 2. The van der Waals surface area contributed by atoms with Crippen LogP contribution < -0.4 is 5.32 Å². The summed E-state index contributed by atoms with van der Waals surface area (Å²) in [4.78, 5) is 7.76. The van der Waals surface area contributed by atoms with E-state index in [-0.39, 0.29) is 5.82 Å². The average Bonchev–Trinajstić information content (AvgIpc) is 2.27. The Morgan fingerprint density at radius 3 is 2.62 bits per heavy atom. The number of hydrogen-bond donors (Lipinski definition) is 1. The lowest BCUT2D eigenvalue weighted by molar-refractivity contribution is 0.628. The predicted molar refractivity (Wildman–Crippen MR) is 60.8 cm³/mol. The molecule has 0 unspecified atom stereocenters. The quantitative estimate of drug-likeness (QED) is 0.892. The fraction of sp³-hybridized carbons (Fsp3) is 0.0909. The number of anilines is 1. The van der Waals surface area contributed by atoms with Gasteiger partial charge in [-0.2, -0.15) is 0 Å². The Labute approximate surface area is 97.3 Å². The Morgan fingerprint density at radius 1 is 1.19 bits per heavy atom. The van der Waals surface area contributed by atoms with Gasteiger partial charge in [0.25, 0.3) is 0 Å². The minimum absolute atomic E-state index is 0.362. The van der Waals surface area contributed by atoms with Gasteiger partial charge in [0.05, 0.1) is 0 Å². The van der Waals surface area contributed by atoms with Crippen molar-refractivity contribution in [1.29, 1.82) is 0 Å². The third-order valence-corrected chi connectivity index (χ3v) is 2.19. The Bertz CT molecular complexity index is 456. The zero-order chi connectivity index (χ0) is 11.4. The van der Waals surface area contributed by atoms with E-state index in [1.54, 1.807) is 18.5 Å². The summed E-state index contributed by atoms with van der Waals surface area (Å²) >= 11 is 5.73. The molecule has 1 aromatic carbocycles. The van der Waals surface area contributed by atoms with Crippen LogP contribution in [0.1, 0.15) is 5.56 Å². The first-order valence-electron chi connectivity index (χ1n) is 4.68. The van der Waals surface area contributed by atoms with E-state index >= 15 is 0 Å². The molecule has 0 atom stereocenters. The molecule has 82 valence electrons. The van der Waals surface area contributed by atoms with Gasteiger partial charge in [0.2, 0.25) is 0 Å². The van der Waals surface area contributed by atoms with Crippen molar-refractivity contribution in [3.05, 3.63) is 53.3 Å².